The molecule has 1 aliphatic heterocycles. The smallest absolute Gasteiger partial charge is 0.232 e. The van der Waals surface area contributed by atoms with Crippen LogP contribution in [0.2, 0.25) is 5.02 Å². The number of anilines is 1. The van der Waals surface area contributed by atoms with E-state index in [0.29, 0.717) is 48.3 Å². The van der Waals surface area contributed by atoms with Gasteiger partial charge in [-0.2, -0.15) is 0 Å². The van der Waals surface area contributed by atoms with Crippen molar-refractivity contribution in [2.24, 2.45) is 0 Å². The lowest BCUT2D eigenvalue weighted by molar-refractivity contribution is -0.128. The number of nitrogens with zero attached hydrogens (tertiary/aromatic N) is 2. The summed E-state index contributed by atoms with van der Waals surface area (Å²) in [6.07, 6.45) is 0. The first-order valence-corrected chi connectivity index (χ1v) is 9.87. The minimum Gasteiger partial charge on any atom is -0.368 e. The van der Waals surface area contributed by atoms with Crippen LogP contribution in [0.25, 0.3) is 0 Å². The maximum Gasteiger partial charge on any atom is 0.232 e. The van der Waals surface area contributed by atoms with Crippen molar-refractivity contribution in [3.8, 4) is 0 Å². The molecular weight excluding hydrogens is 378 g/mol. The van der Waals surface area contributed by atoms with Crippen molar-refractivity contribution in [2.45, 2.75) is 5.75 Å². The fraction of sp³-hybridized carbons (Fsp3) is 0.316. The molecule has 138 valence electrons. The summed E-state index contributed by atoms with van der Waals surface area (Å²) in [7, 11) is 0. The molecule has 2 aromatic carbocycles. The van der Waals surface area contributed by atoms with Crippen molar-refractivity contribution in [1.82, 2.24) is 4.90 Å². The van der Waals surface area contributed by atoms with E-state index < -0.39 is 0 Å². The molecule has 0 aromatic heterocycles. The first kappa shape index (κ1) is 19.0. The highest BCUT2D eigenvalue weighted by Gasteiger charge is 2.21. The fourth-order valence-corrected chi connectivity index (χ4v) is 4.13. The predicted octanol–water partition coefficient (Wildman–Crippen LogP) is 4.20. The zero-order valence-electron chi connectivity index (χ0n) is 14.1. The van der Waals surface area contributed by atoms with E-state index in [1.54, 1.807) is 24.3 Å². The minimum absolute atomic E-state index is 0.0428. The Morgan fingerprint density at radius 2 is 1.73 bits per heavy atom. The molecule has 26 heavy (non-hydrogen) atoms. The number of carbonyl (C=O) groups is 1. The average molecular weight is 397 g/mol. The van der Waals surface area contributed by atoms with Gasteiger partial charge in [0.15, 0.2) is 0 Å². The molecule has 3 nitrogen and oxygen atoms in total. The van der Waals surface area contributed by atoms with Gasteiger partial charge in [0.2, 0.25) is 5.91 Å². The first-order valence-electron chi connectivity index (χ1n) is 8.33. The molecule has 3 rings (SSSR count). The van der Waals surface area contributed by atoms with Crippen molar-refractivity contribution >= 4 is 35.0 Å². The zero-order chi connectivity index (χ0) is 18.5. The maximum absolute atomic E-state index is 13.7. The molecule has 0 spiro atoms. The summed E-state index contributed by atoms with van der Waals surface area (Å²) in [6.45, 7) is 2.66. The Bertz CT molecular complexity index is 744. The molecule has 0 radical (unpaired) electrons. The number of halogens is 3. The van der Waals surface area contributed by atoms with E-state index in [2.05, 4.69) is 4.90 Å². The van der Waals surface area contributed by atoms with Crippen LogP contribution in [0.15, 0.2) is 42.5 Å². The molecule has 0 bridgehead atoms. The number of piperazine rings is 1. The highest BCUT2D eigenvalue weighted by Crippen LogP contribution is 2.24. The van der Waals surface area contributed by atoms with Gasteiger partial charge in [0.05, 0.1) is 5.75 Å². The zero-order valence-corrected chi connectivity index (χ0v) is 15.7. The summed E-state index contributed by atoms with van der Waals surface area (Å²) < 4.78 is 26.7. The Hall–Kier alpha value is -1.79. The standard InChI is InChI=1S/C19H19ClF2N2OS/c20-17-2-1-3-18(22)16(17)12-26-13-19(25)24-10-8-23(9-11-24)15-6-4-14(21)5-7-15/h1-7H,8-13H2. The Balaban J connectivity index is 1.46. The summed E-state index contributed by atoms with van der Waals surface area (Å²) >= 11 is 7.36. The second kappa shape index (κ2) is 8.73. The van der Waals surface area contributed by atoms with Crippen molar-refractivity contribution in [3.05, 3.63) is 64.7 Å². The molecule has 1 aliphatic rings. The maximum atomic E-state index is 13.7. The highest BCUT2D eigenvalue weighted by atomic mass is 35.5. The third kappa shape index (κ3) is 4.68. The van der Waals surface area contributed by atoms with Gasteiger partial charge in [-0.15, -0.1) is 11.8 Å². The summed E-state index contributed by atoms with van der Waals surface area (Å²) in [4.78, 5) is 16.3. The number of hydrogen-bond acceptors (Lipinski definition) is 3. The van der Waals surface area contributed by atoms with E-state index in [0.717, 1.165) is 5.69 Å². The van der Waals surface area contributed by atoms with E-state index >= 15 is 0 Å². The highest BCUT2D eigenvalue weighted by molar-refractivity contribution is 7.99. The molecular formula is C19H19ClF2N2OS. The number of benzene rings is 2. The molecule has 0 aliphatic carbocycles. The SMILES string of the molecule is O=C(CSCc1c(F)cccc1Cl)N1CCN(c2ccc(F)cc2)CC1. The van der Waals surface area contributed by atoms with E-state index in [1.807, 2.05) is 4.90 Å². The van der Waals surface area contributed by atoms with E-state index in [9.17, 15) is 13.6 Å². The molecule has 7 heteroatoms. The average Bonchev–Trinajstić information content (AvgIpc) is 2.65. The molecule has 0 saturated carbocycles. The van der Waals surface area contributed by atoms with Crippen molar-refractivity contribution < 1.29 is 13.6 Å². The number of rotatable bonds is 5. The van der Waals surface area contributed by atoms with E-state index in [-0.39, 0.29) is 17.5 Å². The molecule has 0 unspecified atom stereocenters. The van der Waals surface area contributed by atoms with Gasteiger partial charge in [-0.1, -0.05) is 17.7 Å². The summed E-state index contributed by atoms with van der Waals surface area (Å²) in [5.41, 5.74) is 1.40. The van der Waals surface area contributed by atoms with Crippen molar-refractivity contribution in [3.63, 3.8) is 0 Å². The van der Waals surface area contributed by atoms with Gasteiger partial charge >= 0.3 is 0 Å². The van der Waals surface area contributed by atoms with Gasteiger partial charge in [0.1, 0.15) is 11.6 Å². The van der Waals surface area contributed by atoms with Crippen LogP contribution in [0.1, 0.15) is 5.56 Å². The van der Waals surface area contributed by atoms with Crippen LogP contribution in [0.3, 0.4) is 0 Å². The fourth-order valence-electron chi connectivity index (χ4n) is 2.87. The normalized spacial score (nSPS) is 14.6. The largest absolute Gasteiger partial charge is 0.368 e. The van der Waals surface area contributed by atoms with E-state index in [1.165, 1.54) is 30.0 Å². The molecule has 0 atom stereocenters. The monoisotopic (exact) mass is 396 g/mol. The molecule has 1 saturated heterocycles. The molecule has 0 N–H and O–H groups in total. The molecule has 1 fully saturated rings. The quantitative estimate of drug-likeness (QED) is 0.756. The number of amides is 1. The second-order valence-electron chi connectivity index (χ2n) is 6.04. The predicted molar refractivity (Wildman–Crippen MR) is 103 cm³/mol. The van der Waals surface area contributed by atoms with Gasteiger partial charge < -0.3 is 9.80 Å². The second-order valence-corrected chi connectivity index (χ2v) is 7.43. The third-order valence-electron chi connectivity index (χ3n) is 4.36. The van der Waals surface area contributed by atoms with Crippen LogP contribution in [0.4, 0.5) is 14.5 Å². The van der Waals surface area contributed by atoms with Crippen LogP contribution in [0.5, 0.6) is 0 Å². The topological polar surface area (TPSA) is 23.6 Å². The van der Waals surface area contributed by atoms with Gasteiger partial charge in [0, 0.05) is 48.2 Å². The summed E-state index contributed by atoms with van der Waals surface area (Å²) in [5, 5.41) is 0.387. The molecule has 2 aromatic rings. The minimum atomic E-state index is -0.342. The van der Waals surface area contributed by atoms with Crippen LogP contribution in [-0.4, -0.2) is 42.7 Å². The van der Waals surface area contributed by atoms with E-state index in [4.69, 9.17) is 11.6 Å². The number of carbonyl (C=O) groups excluding carboxylic acids is 1. The Labute approximate surface area is 160 Å². The lowest BCUT2D eigenvalue weighted by atomic mass is 10.2. The Kier molecular flexibility index (Phi) is 6.38. The third-order valence-corrected chi connectivity index (χ3v) is 5.66. The first-order chi connectivity index (χ1) is 12.5. The van der Waals surface area contributed by atoms with Gasteiger partial charge in [-0.05, 0) is 36.4 Å². The lowest BCUT2D eigenvalue weighted by Crippen LogP contribution is -2.49. The van der Waals surface area contributed by atoms with Crippen molar-refractivity contribution in [2.75, 3.05) is 36.8 Å². The molecule has 1 heterocycles. The van der Waals surface area contributed by atoms with Crippen LogP contribution in [-0.2, 0) is 10.5 Å². The van der Waals surface area contributed by atoms with Crippen LogP contribution < -0.4 is 4.90 Å². The van der Waals surface area contributed by atoms with Crippen LogP contribution >= 0.6 is 23.4 Å². The van der Waals surface area contributed by atoms with Gasteiger partial charge in [-0.3, -0.25) is 4.79 Å². The summed E-state index contributed by atoms with van der Waals surface area (Å²) in [6, 6.07) is 11.0. The van der Waals surface area contributed by atoms with Crippen molar-refractivity contribution in [1.29, 1.82) is 0 Å². The van der Waals surface area contributed by atoms with Crippen LogP contribution in [0, 0.1) is 11.6 Å². The number of hydrogen-bond donors (Lipinski definition) is 0. The Morgan fingerprint density at radius 1 is 1.04 bits per heavy atom. The van der Waals surface area contributed by atoms with Gasteiger partial charge in [-0.25, -0.2) is 8.78 Å². The lowest BCUT2D eigenvalue weighted by Gasteiger charge is -2.36. The number of thioether (sulfide) groups is 1. The van der Waals surface area contributed by atoms with Gasteiger partial charge in [0.25, 0.3) is 0 Å². The Morgan fingerprint density at radius 3 is 2.38 bits per heavy atom. The molecule has 1 amide bonds. The summed E-state index contributed by atoms with van der Waals surface area (Å²) in [5.74, 6) is 0.106.